The highest BCUT2D eigenvalue weighted by Gasteiger charge is 2.37. The standard InChI is InChI=1S/C18H31FOSi/c1-15(2)21(20,16(3)4)14-8-6-5-7-9-17-10-12-18(19)13-11-17/h10-13,15-16,20H,5-9,14H2,1-4H3. The van der Waals surface area contributed by atoms with Crippen LogP contribution in [-0.2, 0) is 6.42 Å². The smallest absolute Gasteiger partial charge is 0.193 e. The van der Waals surface area contributed by atoms with E-state index in [1.807, 2.05) is 12.1 Å². The SMILES string of the molecule is CC(C)[Si](O)(CCCCCCc1ccc(F)cc1)C(C)C. The fourth-order valence-corrected chi connectivity index (χ4v) is 6.29. The van der Waals surface area contributed by atoms with Crippen LogP contribution in [0.15, 0.2) is 24.3 Å². The highest BCUT2D eigenvalue weighted by atomic mass is 28.4. The lowest BCUT2D eigenvalue weighted by atomic mass is 10.1. The molecular weight excluding hydrogens is 279 g/mol. The first kappa shape index (κ1) is 18.4. The molecule has 1 aromatic carbocycles. The number of halogens is 1. The van der Waals surface area contributed by atoms with Crippen LogP contribution >= 0.6 is 0 Å². The van der Waals surface area contributed by atoms with Crippen LogP contribution in [0.4, 0.5) is 4.39 Å². The second-order valence-corrected chi connectivity index (χ2v) is 11.6. The Morgan fingerprint density at radius 2 is 1.43 bits per heavy atom. The van der Waals surface area contributed by atoms with Gasteiger partial charge < -0.3 is 4.80 Å². The molecule has 0 aliphatic heterocycles. The van der Waals surface area contributed by atoms with Gasteiger partial charge in [0.2, 0.25) is 0 Å². The predicted molar refractivity (Wildman–Crippen MR) is 91.5 cm³/mol. The Morgan fingerprint density at radius 3 is 1.95 bits per heavy atom. The molecule has 0 aliphatic rings. The molecule has 0 bridgehead atoms. The van der Waals surface area contributed by atoms with E-state index in [9.17, 15) is 9.19 Å². The van der Waals surface area contributed by atoms with Crippen molar-refractivity contribution < 1.29 is 9.19 Å². The average molecular weight is 311 g/mol. The molecule has 0 radical (unpaired) electrons. The second-order valence-electron chi connectivity index (χ2n) is 6.84. The molecule has 1 rings (SSSR count). The van der Waals surface area contributed by atoms with Gasteiger partial charge in [-0.05, 0) is 47.7 Å². The highest BCUT2D eigenvalue weighted by Crippen LogP contribution is 2.34. The van der Waals surface area contributed by atoms with Crippen LogP contribution in [-0.4, -0.2) is 13.1 Å². The number of aryl methyl sites for hydroxylation is 1. The fourth-order valence-electron chi connectivity index (χ4n) is 2.99. The van der Waals surface area contributed by atoms with E-state index >= 15 is 0 Å². The predicted octanol–water partition coefficient (Wildman–Crippen LogP) is 5.69. The second kappa shape index (κ2) is 8.69. The van der Waals surface area contributed by atoms with Gasteiger partial charge in [0.05, 0.1) is 0 Å². The minimum absolute atomic E-state index is 0.162. The molecule has 0 aliphatic carbocycles. The van der Waals surface area contributed by atoms with Crippen molar-refractivity contribution in [3.8, 4) is 0 Å². The number of benzene rings is 1. The highest BCUT2D eigenvalue weighted by molar-refractivity contribution is 6.75. The van der Waals surface area contributed by atoms with Crippen LogP contribution < -0.4 is 0 Å². The Hall–Kier alpha value is -0.673. The molecule has 120 valence electrons. The molecule has 1 nitrogen and oxygen atoms in total. The van der Waals surface area contributed by atoms with Gasteiger partial charge >= 0.3 is 0 Å². The Morgan fingerprint density at radius 1 is 0.905 bits per heavy atom. The van der Waals surface area contributed by atoms with E-state index in [1.54, 1.807) is 0 Å². The van der Waals surface area contributed by atoms with Crippen molar-refractivity contribution in [1.82, 2.24) is 0 Å². The molecule has 0 spiro atoms. The largest absolute Gasteiger partial charge is 0.431 e. The third-order valence-corrected chi connectivity index (χ3v) is 9.86. The van der Waals surface area contributed by atoms with Gasteiger partial charge in [0, 0.05) is 0 Å². The van der Waals surface area contributed by atoms with E-state index in [4.69, 9.17) is 0 Å². The summed E-state index contributed by atoms with van der Waals surface area (Å²) < 4.78 is 12.8. The van der Waals surface area contributed by atoms with Gasteiger partial charge in [-0.25, -0.2) is 4.39 Å². The Labute approximate surface area is 130 Å². The van der Waals surface area contributed by atoms with Crippen LogP contribution in [0, 0.1) is 5.82 Å². The quantitative estimate of drug-likeness (QED) is 0.459. The maximum Gasteiger partial charge on any atom is 0.193 e. The van der Waals surface area contributed by atoms with Gasteiger partial charge in [-0.2, -0.15) is 0 Å². The molecule has 0 unspecified atom stereocenters. The van der Waals surface area contributed by atoms with E-state index in [2.05, 4.69) is 27.7 Å². The first-order valence-electron chi connectivity index (χ1n) is 8.33. The Kier molecular flexibility index (Phi) is 7.61. The zero-order valence-electron chi connectivity index (χ0n) is 14.0. The van der Waals surface area contributed by atoms with Crippen molar-refractivity contribution in [2.75, 3.05) is 0 Å². The van der Waals surface area contributed by atoms with Crippen molar-refractivity contribution in [3.05, 3.63) is 35.6 Å². The normalized spacial score (nSPS) is 12.4. The monoisotopic (exact) mass is 310 g/mol. The van der Waals surface area contributed by atoms with E-state index in [0.29, 0.717) is 11.1 Å². The van der Waals surface area contributed by atoms with Crippen LogP contribution in [0.5, 0.6) is 0 Å². The molecule has 3 heteroatoms. The summed E-state index contributed by atoms with van der Waals surface area (Å²) >= 11 is 0. The van der Waals surface area contributed by atoms with Crippen LogP contribution in [0.3, 0.4) is 0 Å². The number of rotatable bonds is 9. The molecule has 0 aromatic heterocycles. The van der Waals surface area contributed by atoms with Gasteiger partial charge in [0.1, 0.15) is 5.82 Å². The fraction of sp³-hybridized carbons (Fsp3) is 0.667. The molecule has 21 heavy (non-hydrogen) atoms. The van der Waals surface area contributed by atoms with Crippen LogP contribution in [0.25, 0.3) is 0 Å². The number of unbranched alkanes of at least 4 members (excludes halogenated alkanes) is 3. The summed E-state index contributed by atoms with van der Waals surface area (Å²) in [7, 11) is -2.08. The average Bonchev–Trinajstić information content (AvgIpc) is 2.43. The third kappa shape index (κ3) is 5.91. The summed E-state index contributed by atoms with van der Waals surface area (Å²) in [6.07, 6.45) is 5.70. The minimum Gasteiger partial charge on any atom is -0.431 e. The molecule has 0 heterocycles. The summed E-state index contributed by atoms with van der Waals surface area (Å²) in [5, 5.41) is 0. The maximum absolute atomic E-state index is 12.8. The van der Waals surface area contributed by atoms with Gasteiger partial charge in [0.15, 0.2) is 8.32 Å². The zero-order chi connectivity index (χ0) is 15.9. The molecule has 0 saturated carbocycles. The van der Waals surface area contributed by atoms with Gasteiger partial charge in [-0.15, -0.1) is 0 Å². The third-order valence-electron chi connectivity index (χ3n) is 4.71. The van der Waals surface area contributed by atoms with Crippen LogP contribution in [0.2, 0.25) is 17.1 Å². The molecule has 1 N–H and O–H groups in total. The van der Waals surface area contributed by atoms with Gasteiger partial charge in [0.25, 0.3) is 0 Å². The minimum atomic E-state index is -2.08. The topological polar surface area (TPSA) is 20.2 Å². The molecule has 0 amide bonds. The van der Waals surface area contributed by atoms with Gasteiger partial charge in [-0.1, -0.05) is 59.1 Å². The van der Waals surface area contributed by atoms with Crippen molar-refractivity contribution in [1.29, 1.82) is 0 Å². The lowest BCUT2D eigenvalue weighted by Gasteiger charge is -2.33. The number of hydrogen-bond donors (Lipinski definition) is 1. The van der Waals surface area contributed by atoms with Crippen molar-refractivity contribution in [2.24, 2.45) is 0 Å². The summed E-state index contributed by atoms with van der Waals surface area (Å²) in [6.45, 7) is 8.67. The Bertz CT molecular complexity index is 392. The molecular formula is C18H31FOSi. The zero-order valence-corrected chi connectivity index (χ0v) is 15.0. The molecule has 0 fully saturated rings. The lowest BCUT2D eigenvalue weighted by Crippen LogP contribution is -2.41. The van der Waals surface area contributed by atoms with E-state index in [0.717, 1.165) is 25.3 Å². The van der Waals surface area contributed by atoms with Crippen molar-refractivity contribution in [2.45, 2.75) is 76.9 Å². The summed E-state index contributed by atoms with van der Waals surface area (Å²) in [5.41, 5.74) is 2.10. The molecule has 0 atom stereocenters. The Balaban J connectivity index is 2.21. The summed E-state index contributed by atoms with van der Waals surface area (Å²) in [4.78, 5) is 10.8. The molecule has 0 saturated heterocycles. The first-order chi connectivity index (χ1) is 9.86. The van der Waals surface area contributed by atoms with E-state index in [1.165, 1.54) is 30.5 Å². The first-order valence-corrected chi connectivity index (χ1v) is 10.6. The van der Waals surface area contributed by atoms with E-state index in [-0.39, 0.29) is 5.82 Å². The lowest BCUT2D eigenvalue weighted by molar-refractivity contribution is 0.482. The summed E-state index contributed by atoms with van der Waals surface area (Å²) in [5.74, 6) is -0.162. The van der Waals surface area contributed by atoms with E-state index < -0.39 is 8.32 Å². The van der Waals surface area contributed by atoms with Crippen LogP contribution in [0.1, 0.15) is 58.9 Å². The van der Waals surface area contributed by atoms with Crippen molar-refractivity contribution in [3.63, 3.8) is 0 Å². The summed E-state index contributed by atoms with van der Waals surface area (Å²) in [6, 6.07) is 7.84. The van der Waals surface area contributed by atoms with Gasteiger partial charge in [-0.3, -0.25) is 0 Å². The maximum atomic E-state index is 12.8. The molecule has 1 aromatic rings. The number of hydrogen-bond acceptors (Lipinski definition) is 1. The van der Waals surface area contributed by atoms with Crippen molar-refractivity contribution >= 4 is 8.32 Å².